The molecule has 0 bridgehead atoms. The molecule has 0 radical (unpaired) electrons. The molecule has 2 aromatic rings. The number of anilines is 1. The van der Waals surface area contributed by atoms with Crippen LogP contribution in [-0.4, -0.2) is 44.9 Å². The summed E-state index contributed by atoms with van der Waals surface area (Å²) in [5.74, 6) is -0.298. The standard InChI is InChI=1S/C17H17BrN2O4S/c18-14-6-4-13(5-7-14)17(21)19-15-2-1-3-16(12-15)25(22,23)20-8-10-24-11-9-20/h1-7,12H,8-11H2,(H,19,21). The maximum Gasteiger partial charge on any atom is 0.255 e. The summed E-state index contributed by atoms with van der Waals surface area (Å²) in [7, 11) is -3.59. The first-order valence-corrected chi connectivity index (χ1v) is 9.95. The molecule has 132 valence electrons. The molecule has 0 aromatic heterocycles. The number of nitrogens with one attached hydrogen (secondary N) is 1. The number of nitrogens with zero attached hydrogens (tertiary/aromatic N) is 1. The maximum absolute atomic E-state index is 12.7. The second-order valence-corrected chi connectivity index (χ2v) is 8.36. The summed E-state index contributed by atoms with van der Waals surface area (Å²) in [6.45, 7) is 1.44. The lowest BCUT2D eigenvalue weighted by atomic mass is 10.2. The number of carbonyl (C=O) groups excluding carboxylic acids is 1. The van der Waals surface area contributed by atoms with Gasteiger partial charge in [-0.1, -0.05) is 22.0 Å². The van der Waals surface area contributed by atoms with Crippen molar-refractivity contribution in [2.45, 2.75) is 4.90 Å². The number of benzene rings is 2. The molecule has 1 amide bonds. The quantitative estimate of drug-likeness (QED) is 0.818. The lowest BCUT2D eigenvalue weighted by Crippen LogP contribution is -2.40. The summed E-state index contributed by atoms with van der Waals surface area (Å²) in [6.07, 6.45) is 0. The van der Waals surface area contributed by atoms with Gasteiger partial charge in [0.05, 0.1) is 18.1 Å². The zero-order chi connectivity index (χ0) is 17.9. The van der Waals surface area contributed by atoms with Gasteiger partial charge in [-0.2, -0.15) is 4.31 Å². The fourth-order valence-electron chi connectivity index (χ4n) is 2.47. The van der Waals surface area contributed by atoms with Crippen molar-refractivity contribution in [3.8, 4) is 0 Å². The van der Waals surface area contributed by atoms with Gasteiger partial charge < -0.3 is 10.1 Å². The second kappa shape index (κ2) is 7.65. The molecule has 0 aliphatic carbocycles. The monoisotopic (exact) mass is 424 g/mol. The largest absolute Gasteiger partial charge is 0.379 e. The third-order valence-corrected chi connectivity index (χ3v) is 6.23. The molecule has 0 atom stereocenters. The number of rotatable bonds is 4. The van der Waals surface area contributed by atoms with Crippen molar-refractivity contribution in [3.05, 3.63) is 58.6 Å². The Morgan fingerprint density at radius 2 is 1.76 bits per heavy atom. The SMILES string of the molecule is O=C(Nc1cccc(S(=O)(=O)N2CCOCC2)c1)c1ccc(Br)cc1. The van der Waals surface area contributed by atoms with Crippen molar-refractivity contribution in [1.82, 2.24) is 4.31 Å². The van der Waals surface area contributed by atoms with E-state index in [0.717, 1.165) is 4.47 Å². The molecule has 1 heterocycles. The van der Waals surface area contributed by atoms with Crippen LogP contribution in [0.3, 0.4) is 0 Å². The Kier molecular flexibility index (Phi) is 5.53. The minimum Gasteiger partial charge on any atom is -0.379 e. The molecule has 1 N–H and O–H groups in total. The van der Waals surface area contributed by atoms with Crippen LogP contribution in [0.4, 0.5) is 5.69 Å². The highest BCUT2D eigenvalue weighted by atomic mass is 79.9. The summed E-state index contributed by atoms with van der Waals surface area (Å²) in [5.41, 5.74) is 0.923. The van der Waals surface area contributed by atoms with Gasteiger partial charge in [-0.15, -0.1) is 0 Å². The van der Waals surface area contributed by atoms with Crippen molar-refractivity contribution in [3.63, 3.8) is 0 Å². The normalized spacial score (nSPS) is 15.7. The Hall–Kier alpha value is -1.74. The fraction of sp³-hybridized carbons (Fsp3) is 0.235. The van der Waals surface area contributed by atoms with Crippen LogP contribution in [-0.2, 0) is 14.8 Å². The number of ether oxygens (including phenoxy) is 1. The third kappa shape index (κ3) is 4.27. The molecule has 1 aliphatic heterocycles. The lowest BCUT2D eigenvalue weighted by Gasteiger charge is -2.26. The van der Waals surface area contributed by atoms with Gasteiger partial charge in [0.1, 0.15) is 0 Å². The molecule has 2 aromatic carbocycles. The van der Waals surface area contributed by atoms with Gasteiger partial charge in [-0.25, -0.2) is 8.42 Å². The minimum absolute atomic E-state index is 0.156. The molecule has 0 spiro atoms. The first-order chi connectivity index (χ1) is 12.0. The first-order valence-electron chi connectivity index (χ1n) is 7.72. The average Bonchev–Trinajstić information content (AvgIpc) is 2.63. The highest BCUT2D eigenvalue weighted by Crippen LogP contribution is 2.21. The minimum atomic E-state index is -3.59. The molecular weight excluding hydrogens is 408 g/mol. The van der Waals surface area contributed by atoms with Gasteiger partial charge >= 0.3 is 0 Å². The Balaban J connectivity index is 1.79. The summed E-state index contributed by atoms with van der Waals surface area (Å²) >= 11 is 3.32. The molecule has 25 heavy (non-hydrogen) atoms. The van der Waals surface area contributed by atoms with Crippen LogP contribution in [0, 0.1) is 0 Å². The van der Waals surface area contributed by atoms with E-state index in [1.54, 1.807) is 36.4 Å². The molecule has 6 nitrogen and oxygen atoms in total. The topological polar surface area (TPSA) is 75.7 Å². The number of halogens is 1. The van der Waals surface area contributed by atoms with Crippen molar-refractivity contribution >= 4 is 37.5 Å². The Bertz CT molecular complexity index is 862. The van der Waals surface area contributed by atoms with Crippen molar-refractivity contribution < 1.29 is 17.9 Å². The lowest BCUT2D eigenvalue weighted by molar-refractivity contribution is 0.0730. The molecular formula is C17H17BrN2O4S. The van der Waals surface area contributed by atoms with Crippen molar-refractivity contribution in [1.29, 1.82) is 0 Å². The first kappa shape index (κ1) is 18.1. The fourth-order valence-corrected chi connectivity index (χ4v) is 4.19. The number of amides is 1. The van der Waals surface area contributed by atoms with E-state index in [4.69, 9.17) is 4.74 Å². The molecule has 8 heteroatoms. The zero-order valence-corrected chi connectivity index (χ0v) is 15.7. The van der Waals surface area contributed by atoms with Crippen LogP contribution < -0.4 is 5.32 Å². The smallest absolute Gasteiger partial charge is 0.255 e. The molecule has 0 unspecified atom stereocenters. The molecule has 0 saturated carbocycles. The number of morpholine rings is 1. The summed E-state index contributed by atoms with van der Waals surface area (Å²) in [6, 6.07) is 13.2. The van der Waals surface area contributed by atoms with E-state index in [0.29, 0.717) is 37.6 Å². The van der Waals surface area contributed by atoms with E-state index in [1.807, 2.05) is 0 Å². The Morgan fingerprint density at radius 3 is 2.44 bits per heavy atom. The van der Waals surface area contributed by atoms with E-state index < -0.39 is 10.0 Å². The molecule has 1 saturated heterocycles. The van der Waals surface area contributed by atoms with Crippen LogP contribution in [0.1, 0.15) is 10.4 Å². The van der Waals surface area contributed by atoms with Crippen molar-refractivity contribution in [2.24, 2.45) is 0 Å². The third-order valence-electron chi connectivity index (χ3n) is 3.81. The van der Waals surface area contributed by atoms with E-state index >= 15 is 0 Å². The van der Waals surface area contributed by atoms with E-state index in [9.17, 15) is 13.2 Å². The van der Waals surface area contributed by atoms with Gasteiger partial charge in [0.15, 0.2) is 0 Å². The molecule has 1 fully saturated rings. The molecule has 1 aliphatic rings. The Labute approximate surface area is 155 Å². The number of sulfonamides is 1. The highest BCUT2D eigenvalue weighted by molar-refractivity contribution is 9.10. The van der Waals surface area contributed by atoms with E-state index in [-0.39, 0.29) is 10.8 Å². The summed E-state index contributed by atoms with van der Waals surface area (Å²) in [5, 5.41) is 2.73. The number of carbonyl (C=O) groups is 1. The van der Waals surface area contributed by atoms with Gasteiger partial charge in [0, 0.05) is 28.8 Å². The Morgan fingerprint density at radius 1 is 1.08 bits per heavy atom. The summed E-state index contributed by atoms with van der Waals surface area (Å²) < 4.78 is 32.8. The van der Waals surface area contributed by atoms with Crippen LogP contribution in [0.25, 0.3) is 0 Å². The maximum atomic E-state index is 12.7. The van der Waals surface area contributed by atoms with Crippen molar-refractivity contribution in [2.75, 3.05) is 31.6 Å². The van der Waals surface area contributed by atoms with Crippen LogP contribution in [0.15, 0.2) is 57.9 Å². The van der Waals surface area contributed by atoms with Gasteiger partial charge in [0.25, 0.3) is 5.91 Å². The second-order valence-electron chi connectivity index (χ2n) is 5.51. The van der Waals surface area contributed by atoms with Gasteiger partial charge in [0.2, 0.25) is 10.0 Å². The summed E-state index contributed by atoms with van der Waals surface area (Å²) in [4.78, 5) is 12.4. The number of hydrogen-bond donors (Lipinski definition) is 1. The average molecular weight is 425 g/mol. The van der Waals surface area contributed by atoms with Crippen LogP contribution in [0.5, 0.6) is 0 Å². The number of hydrogen-bond acceptors (Lipinski definition) is 4. The van der Waals surface area contributed by atoms with Gasteiger partial charge in [-0.05, 0) is 42.5 Å². The molecule has 3 rings (SSSR count). The van der Waals surface area contributed by atoms with Gasteiger partial charge in [-0.3, -0.25) is 4.79 Å². The highest BCUT2D eigenvalue weighted by Gasteiger charge is 2.26. The zero-order valence-electron chi connectivity index (χ0n) is 13.3. The predicted octanol–water partition coefficient (Wildman–Crippen LogP) is 2.72. The van der Waals surface area contributed by atoms with E-state index in [2.05, 4.69) is 21.2 Å². The van der Waals surface area contributed by atoms with Crippen LogP contribution in [0.2, 0.25) is 0 Å². The van der Waals surface area contributed by atoms with E-state index in [1.165, 1.54) is 16.4 Å². The van der Waals surface area contributed by atoms with Crippen LogP contribution >= 0.6 is 15.9 Å². The predicted molar refractivity (Wildman–Crippen MR) is 98.1 cm³/mol.